The molecular formula is C16H19N5O4S. The zero-order valence-corrected chi connectivity index (χ0v) is 15.4. The van der Waals surface area contributed by atoms with Crippen LogP contribution in [0.4, 0.5) is 5.69 Å². The van der Waals surface area contributed by atoms with E-state index in [9.17, 15) is 19.7 Å². The molecule has 2 aromatic rings. The highest BCUT2D eigenvalue weighted by atomic mass is 32.1. The number of aryl methyl sites for hydroxylation is 1. The van der Waals surface area contributed by atoms with Gasteiger partial charge in [-0.25, -0.2) is 0 Å². The van der Waals surface area contributed by atoms with Gasteiger partial charge in [0.25, 0.3) is 5.91 Å². The third-order valence-electron chi connectivity index (χ3n) is 4.46. The fraction of sp³-hybridized carbons (Fsp3) is 0.438. The van der Waals surface area contributed by atoms with Crippen LogP contribution in [-0.2, 0) is 11.3 Å². The molecule has 0 saturated carbocycles. The van der Waals surface area contributed by atoms with Crippen molar-refractivity contribution in [3.8, 4) is 0 Å². The van der Waals surface area contributed by atoms with E-state index in [0.29, 0.717) is 42.4 Å². The van der Waals surface area contributed by atoms with Crippen LogP contribution in [0.1, 0.15) is 21.1 Å². The van der Waals surface area contributed by atoms with Crippen molar-refractivity contribution < 1.29 is 14.5 Å². The zero-order valence-electron chi connectivity index (χ0n) is 14.5. The molecule has 0 unspecified atom stereocenters. The summed E-state index contributed by atoms with van der Waals surface area (Å²) in [5.41, 5.74) is 0.614. The predicted molar refractivity (Wildman–Crippen MR) is 95.2 cm³/mol. The molecule has 0 atom stereocenters. The van der Waals surface area contributed by atoms with Gasteiger partial charge in [-0.3, -0.25) is 24.4 Å². The fourth-order valence-electron chi connectivity index (χ4n) is 3.05. The van der Waals surface area contributed by atoms with Gasteiger partial charge in [-0.05, 0) is 25.3 Å². The van der Waals surface area contributed by atoms with Gasteiger partial charge >= 0.3 is 5.69 Å². The van der Waals surface area contributed by atoms with Gasteiger partial charge in [0, 0.05) is 26.2 Å². The third-order valence-corrected chi connectivity index (χ3v) is 5.32. The van der Waals surface area contributed by atoms with Crippen molar-refractivity contribution in [3.63, 3.8) is 0 Å². The SMILES string of the molecule is Cc1nn(CC(=O)N2CCN(C(=O)c3cccs3)CC2)c(C)c1[N+](=O)[O-]. The van der Waals surface area contributed by atoms with Crippen LogP contribution in [0.15, 0.2) is 17.5 Å². The van der Waals surface area contributed by atoms with E-state index in [-0.39, 0.29) is 24.0 Å². The molecule has 1 aliphatic heterocycles. The lowest BCUT2D eigenvalue weighted by Gasteiger charge is -2.34. The van der Waals surface area contributed by atoms with Gasteiger partial charge in [-0.2, -0.15) is 5.10 Å². The van der Waals surface area contributed by atoms with E-state index < -0.39 is 4.92 Å². The van der Waals surface area contributed by atoms with Crippen LogP contribution in [0.25, 0.3) is 0 Å². The highest BCUT2D eigenvalue weighted by Crippen LogP contribution is 2.22. The third kappa shape index (κ3) is 3.45. The Morgan fingerprint density at radius 2 is 1.88 bits per heavy atom. The quantitative estimate of drug-likeness (QED) is 0.593. The number of carbonyl (C=O) groups is 2. The van der Waals surface area contributed by atoms with E-state index in [1.807, 2.05) is 11.4 Å². The zero-order chi connectivity index (χ0) is 18.8. The van der Waals surface area contributed by atoms with Crippen LogP contribution >= 0.6 is 11.3 Å². The van der Waals surface area contributed by atoms with Crippen LogP contribution in [0.3, 0.4) is 0 Å². The molecule has 9 nitrogen and oxygen atoms in total. The second-order valence-electron chi connectivity index (χ2n) is 6.08. The normalized spacial score (nSPS) is 14.5. The van der Waals surface area contributed by atoms with Crippen molar-refractivity contribution >= 4 is 28.8 Å². The number of carbonyl (C=O) groups excluding carboxylic acids is 2. The Balaban J connectivity index is 1.60. The summed E-state index contributed by atoms with van der Waals surface area (Å²) in [4.78, 5) is 39.5. The summed E-state index contributed by atoms with van der Waals surface area (Å²) in [6.07, 6.45) is 0. The van der Waals surface area contributed by atoms with Crippen molar-refractivity contribution in [3.05, 3.63) is 43.9 Å². The van der Waals surface area contributed by atoms with E-state index in [4.69, 9.17) is 0 Å². The minimum Gasteiger partial charge on any atom is -0.338 e. The number of nitrogens with zero attached hydrogens (tertiary/aromatic N) is 5. The Bertz CT molecular complexity index is 837. The Morgan fingerprint density at radius 3 is 2.42 bits per heavy atom. The smallest absolute Gasteiger partial charge is 0.312 e. The highest BCUT2D eigenvalue weighted by molar-refractivity contribution is 7.12. The van der Waals surface area contributed by atoms with Crippen LogP contribution in [-0.4, -0.2) is 62.5 Å². The minimum atomic E-state index is -0.479. The molecule has 3 rings (SSSR count). The maximum Gasteiger partial charge on any atom is 0.312 e. The molecule has 10 heteroatoms. The average molecular weight is 377 g/mol. The van der Waals surface area contributed by atoms with Gasteiger partial charge in [0.05, 0.1) is 9.80 Å². The predicted octanol–water partition coefficient (Wildman–Crippen LogP) is 1.45. The maximum absolute atomic E-state index is 12.5. The average Bonchev–Trinajstić information content (AvgIpc) is 3.23. The van der Waals surface area contributed by atoms with Crippen molar-refractivity contribution in [1.29, 1.82) is 0 Å². The van der Waals surface area contributed by atoms with E-state index in [0.717, 1.165) is 0 Å². The molecule has 2 amide bonds. The summed E-state index contributed by atoms with van der Waals surface area (Å²) >= 11 is 1.40. The summed E-state index contributed by atoms with van der Waals surface area (Å²) in [6.45, 7) is 4.93. The van der Waals surface area contributed by atoms with Gasteiger partial charge in [0.15, 0.2) is 0 Å². The van der Waals surface area contributed by atoms with Gasteiger partial charge in [0.2, 0.25) is 5.91 Å². The molecule has 0 bridgehead atoms. The molecule has 0 N–H and O–H groups in total. The van der Waals surface area contributed by atoms with Crippen molar-refractivity contribution in [2.24, 2.45) is 0 Å². The fourth-order valence-corrected chi connectivity index (χ4v) is 3.74. The molecule has 1 fully saturated rings. The van der Waals surface area contributed by atoms with Crippen LogP contribution < -0.4 is 0 Å². The van der Waals surface area contributed by atoms with Crippen LogP contribution in [0.2, 0.25) is 0 Å². The first kappa shape index (κ1) is 18.1. The van der Waals surface area contributed by atoms with E-state index in [2.05, 4.69) is 5.10 Å². The summed E-state index contributed by atoms with van der Waals surface area (Å²) in [5, 5.41) is 17.0. The summed E-state index contributed by atoms with van der Waals surface area (Å²) in [7, 11) is 0. The van der Waals surface area contributed by atoms with Crippen molar-refractivity contribution in [1.82, 2.24) is 19.6 Å². The minimum absolute atomic E-state index is 0.0127. The number of aromatic nitrogens is 2. The second-order valence-corrected chi connectivity index (χ2v) is 7.03. The van der Waals surface area contributed by atoms with Crippen molar-refractivity contribution in [2.75, 3.05) is 26.2 Å². The van der Waals surface area contributed by atoms with Crippen LogP contribution in [0, 0.1) is 24.0 Å². The number of hydrogen-bond donors (Lipinski definition) is 0. The molecule has 1 saturated heterocycles. The molecule has 26 heavy (non-hydrogen) atoms. The Hall–Kier alpha value is -2.75. The van der Waals surface area contributed by atoms with E-state index in [1.165, 1.54) is 16.0 Å². The number of rotatable bonds is 4. The lowest BCUT2D eigenvalue weighted by atomic mass is 10.3. The molecule has 0 aliphatic carbocycles. The van der Waals surface area contributed by atoms with Gasteiger partial charge in [0.1, 0.15) is 17.9 Å². The molecule has 0 radical (unpaired) electrons. The monoisotopic (exact) mass is 377 g/mol. The van der Waals surface area contributed by atoms with Gasteiger partial charge < -0.3 is 9.80 Å². The van der Waals surface area contributed by atoms with Gasteiger partial charge in [-0.15, -0.1) is 11.3 Å². The number of nitro groups is 1. The Labute approximate surface area is 154 Å². The standard InChI is InChI=1S/C16H19N5O4S/c1-11-15(21(24)25)12(2)20(17-11)10-14(22)18-5-7-19(8-6-18)16(23)13-4-3-9-26-13/h3-4,9H,5-8,10H2,1-2H3. The second kappa shape index (κ2) is 7.24. The molecule has 0 aromatic carbocycles. The molecular weight excluding hydrogens is 358 g/mol. The number of amides is 2. The molecule has 2 aromatic heterocycles. The molecule has 0 spiro atoms. The van der Waals surface area contributed by atoms with Crippen molar-refractivity contribution in [2.45, 2.75) is 20.4 Å². The number of thiophene rings is 1. The summed E-state index contributed by atoms with van der Waals surface area (Å²) in [6, 6.07) is 3.63. The lowest BCUT2D eigenvalue weighted by molar-refractivity contribution is -0.386. The Kier molecular flexibility index (Phi) is 5.03. The maximum atomic E-state index is 12.5. The first-order chi connectivity index (χ1) is 12.4. The largest absolute Gasteiger partial charge is 0.338 e. The van der Waals surface area contributed by atoms with E-state index >= 15 is 0 Å². The highest BCUT2D eigenvalue weighted by Gasteiger charge is 2.27. The van der Waals surface area contributed by atoms with E-state index in [1.54, 1.807) is 29.7 Å². The lowest BCUT2D eigenvalue weighted by Crippen LogP contribution is -2.51. The molecule has 1 aliphatic rings. The van der Waals surface area contributed by atoms with Crippen LogP contribution in [0.5, 0.6) is 0 Å². The Morgan fingerprint density at radius 1 is 1.23 bits per heavy atom. The first-order valence-electron chi connectivity index (χ1n) is 8.17. The first-order valence-corrected chi connectivity index (χ1v) is 9.05. The van der Waals surface area contributed by atoms with Gasteiger partial charge in [-0.1, -0.05) is 6.07 Å². The topological polar surface area (TPSA) is 102 Å². The number of hydrogen-bond acceptors (Lipinski definition) is 6. The molecule has 138 valence electrons. The number of piperazine rings is 1. The summed E-state index contributed by atoms with van der Waals surface area (Å²) in [5.74, 6) is -0.171. The summed E-state index contributed by atoms with van der Waals surface area (Å²) < 4.78 is 1.37. The molecule has 3 heterocycles.